The van der Waals surface area contributed by atoms with Gasteiger partial charge in [-0.1, -0.05) is 31.2 Å². The molecule has 0 unspecified atom stereocenters. The van der Waals surface area contributed by atoms with Crippen molar-refractivity contribution in [3.05, 3.63) is 30.5 Å². The van der Waals surface area contributed by atoms with Crippen LogP contribution in [0.4, 0.5) is 5.82 Å². The van der Waals surface area contributed by atoms with Gasteiger partial charge in [-0.25, -0.2) is 8.42 Å². The molecule has 1 saturated heterocycles. The minimum absolute atomic E-state index is 0.223. The SMILES string of the molecule is CCCS(=O)(=O)N1CCN(c2nncc3ccccc23)CC1. The fourth-order valence-electron chi connectivity index (χ4n) is 2.81. The highest BCUT2D eigenvalue weighted by Crippen LogP contribution is 2.24. The third-order valence-corrected chi connectivity index (χ3v) is 6.02. The highest BCUT2D eigenvalue weighted by Gasteiger charge is 2.27. The molecule has 1 aromatic carbocycles. The maximum atomic E-state index is 12.1. The van der Waals surface area contributed by atoms with Crippen molar-refractivity contribution in [3.8, 4) is 0 Å². The lowest BCUT2D eigenvalue weighted by Crippen LogP contribution is -2.49. The second kappa shape index (κ2) is 6.18. The number of rotatable bonds is 4. The minimum atomic E-state index is -3.11. The number of piperazine rings is 1. The molecule has 2 aromatic rings. The van der Waals surface area contributed by atoms with Crippen LogP contribution in [0.1, 0.15) is 13.3 Å². The Morgan fingerprint density at radius 1 is 1.14 bits per heavy atom. The molecule has 0 bridgehead atoms. The van der Waals surface area contributed by atoms with E-state index >= 15 is 0 Å². The summed E-state index contributed by atoms with van der Waals surface area (Å²) in [4.78, 5) is 2.12. The zero-order valence-electron chi connectivity index (χ0n) is 12.6. The van der Waals surface area contributed by atoms with E-state index in [0.717, 1.165) is 16.6 Å². The molecule has 0 spiro atoms. The van der Waals surface area contributed by atoms with Gasteiger partial charge >= 0.3 is 0 Å². The number of fused-ring (bicyclic) bond motifs is 1. The molecule has 7 heteroatoms. The summed E-state index contributed by atoms with van der Waals surface area (Å²) in [5, 5.41) is 10.4. The summed E-state index contributed by atoms with van der Waals surface area (Å²) in [6, 6.07) is 7.99. The van der Waals surface area contributed by atoms with E-state index < -0.39 is 10.0 Å². The van der Waals surface area contributed by atoms with Gasteiger partial charge < -0.3 is 4.90 Å². The summed E-state index contributed by atoms with van der Waals surface area (Å²) >= 11 is 0. The van der Waals surface area contributed by atoms with Crippen LogP contribution in [0, 0.1) is 0 Å². The highest BCUT2D eigenvalue weighted by molar-refractivity contribution is 7.89. The lowest BCUT2D eigenvalue weighted by molar-refractivity contribution is 0.383. The van der Waals surface area contributed by atoms with Crippen LogP contribution in [-0.4, -0.2) is 54.9 Å². The van der Waals surface area contributed by atoms with E-state index in [1.165, 1.54) is 0 Å². The standard InChI is InChI=1S/C15H20N4O2S/c1-2-11-22(20,21)19-9-7-18(8-10-19)15-14-6-4-3-5-13(14)12-16-17-15/h3-6,12H,2,7-11H2,1H3. The molecule has 1 fully saturated rings. The summed E-state index contributed by atoms with van der Waals surface area (Å²) in [6.07, 6.45) is 2.40. The van der Waals surface area contributed by atoms with Crippen molar-refractivity contribution in [1.82, 2.24) is 14.5 Å². The average Bonchev–Trinajstić information content (AvgIpc) is 2.54. The molecule has 0 amide bonds. The van der Waals surface area contributed by atoms with Crippen LogP contribution >= 0.6 is 0 Å². The Kier molecular flexibility index (Phi) is 4.26. The fraction of sp³-hybridized carbons (Fsp3) is 0.467. The lowest BCUT2D eigenvalue weighted by atomic mass is 10.2. The first-order valence-electron chi connectivity index (χ1n) is 7.55. The Hall–Kier alpha value is -1.73. The number of hydrogen-bond donors (Lipinski definition) is 0. The first-order valence-corrected chi connectivity index (χ1v) is 9.16. The summed E-state index contributed by atoms with van der Waals surface area (Å²) in [6.45, 7) is 4.19. The number of sulfonamides is 1. The zero-order valence-corrected chi connectivity index (χ0v) is 13.5. The Morgan fingerprint density at radius 3 is 2.59 bits per heavy atom. The van der Waals surface area contributed by atoms with Gasteiger partial charge in [0.25, 0.3) is 0 Å². The van der Waals surface area contributed by atoms with Crippen LogP contribution in [0.25, 0.3) is 10.8 Å². The fourth-order valence-corrected chi connectivity index (χ4v) is 4.31. The smallest absolute Gasteiger partial charge is 0.214 e. The average molecular weight is 320 g/mol. The van der Waals surface area contributed by atoms with Crippen molar-refractivity contribution in [1.29, 1.82) is 0 Å². The predicted molar refractivity (Wildman–Crippen MR) is 87.4 cm³/mol. The van der Waals surface area contributed by atoms with Gasteiger partial charge in [-0.2, -0.15) is 9.40 Å². The van der Waals surface area contributed by atoms with Crippen LogP contribution in [0.3, 0.4) is 0 Å². The first kappa shape index (κ1) is 15.2. The van der Waals surface area contributed by atoms with E-state index in [1.54, 1.807) is 10.5 Å². The summed E-state index contributed by atoms with van der Waals surface area (Å²) < 4.78 is 25.8. The van der Waals surface area contributed by atoms with E-state index in [4.69, 9.17) is 0 Å². The van der Waals surface area contributed by atoms with Gasteiger partial charge in [0, 0.05) is 37.0 Å². The van der Waals surface area contributed by atoms with Gasteiger partial charge in [0.05, 0.1) is 11.9 Å². The molecule has 0 aliphatic carbocycles. The second-order valence-electron chi connectivity index (χ2n) is 5.46. The molecule has 22 heavy (non-hydrogen) atoms. The van der Waals surface area contributed by atoms with Gasteiger partial charge in [-0.05, 0) is 6.42 Å². The Bertz CT molecular complexity index is 750. The van der Waals surface area contributed by atoms with E-state index in [2.05, 4.69) is 15.1 Å². The van der Waals surface area contributed by atoms with Crippen molar-refractivity contribution in [2.75, 3.05) is 36.8 Å². The molecular weight excluding hydrogens is 300 g/mol. The van der Waals surface area contributed by atoms with Crippen molar-refractivity contribution < 1.29 is 8.42 Å². The van der Waals surface area contributed by atoms with Crippen molar-refractivity contribution in [2.24, 2.45) is 0 Å². The van der Waals surface area contributed by atoms with Crippen LogP contribution in [0.5, 0.6) is 0 Å². The van der Waals surface area contributed by atoms with Gasteiger partial charge in [-0.15, -0.1) is 5.10 Å². The number of hydrogen-bond acceptors (Lipinski definition) is 5. The topological polar surface area (TPSA) is 66.4 Å². The number of benzene rings is 1. The molecule has 1 aromatic heterocycles. The molecule has 3 rings (SSSR count). The summed E-state index contributed by atoms with van der Waals surface area (Å²) in [5.41, 5.74) is 0. The first-order chi connectivity index (χ1) is 10.6. The van der Waals surface area contributed by atoms with Crippen LogP contribution in [0.15, 0.2) is 30.5 Å². The predicted octanol–water partition coefficient (Wildman–Crippen LogP) is 1.49. The number of anilines is 1. The van der Waals surface area contributed by atoms with E-state index in [-0.39, 0.29) is 5.75 Å². The molecule has 0 radical (unpaired) electrons. The molecule has 0 atom stereocenters. The maximum Gasteiger partial charge on any atom is 0.214 e. The number of nitrogens with zero attached hydrogens (tertiary/aromatic N) is 4. The van der Waals surface area contributed by atoms with Crippen LogP contribution < -0.4 is 4.90 Å². The minimum Gasteiger partial charge on any atom is -0.352 e. The van der Waals surface area contributed by atoms with Gasteiger partial charge in [0.1, 0.15) is 0 Å². The largest absolute Gasteiger partial charge is 0.352 e. The lowest BCUT2D eigenvalue weighted by Gasteiger charge is -2.34. The summed E-state index contributed by atoms with van der Waals surface area (Å²) in [5.74, 6) is 1.06. The van der Waals surface area contributed by atoms with E-state index in [0.29, 0.717) is 32.6 Å². The third-order valence-electron chi connectivity index (χ3n) is 3.94. The quantitative estimate of drug-likeness (QED) is 0.854. The van der Waals surface area contributed by atoms with Gasteiger partial charge in [-0.3, -0.25) is 0 Å². The molecular formula is C15H20N4O2S. The third kappa shape index (κ3) is 2.91. The molecule has 0 saturated carbocycles. The molecule has 118 valence electrons. The Labute approximate surface area is 130 Å². The van der Waals surface area contributed by atoms with Gasteiger partial charge in [0.2, 0.25) is 10.0 Å². The Balaban J connectivity index is 1.79. The molecule has 2 heterocycles. The highest BCUT2D eigenvalue weighted by atomic mass is 32.2. The van der Waals surface area contributed by atoms with Crippen LogP contribution in [-0.2, 0) is 10.0 Å². The van der Waals surface area contributed by atoms with E-state index in [9.17, 15) is 8.42 Å². The normalized spacial score (nSPS) is 17.0. The van der Waals surface area contributed by atoms with Crippen LogP contribution in [0.2, 0.25) is 0 Å². The molecule has 1 aliphatic rings. The molecule has 6 nitrogen and oxygen atoms in total. The Morgan fingerprint density at radius 2 is 1.86 bits per heavy atom. The van der Waals surface area contributed by atoms with Gasteiger partial charge in [0.15, 0.2) is 5.82 Å². The number of aromatic nitrogens is 2. The maximum absolute atomic E-state index is 12.1. The zero-order chi connectivity index (χ0) is 15.6. The monoisotopic (exact) mass is 320 g/mol. The van der Waals surface area contributed by atoms with Crippen molar-refractivity contribution in [3.63, 3.8) is 0 Å². The second-order valence-corrected chi connectivity index (χ2v) is 7.55. The van der Waals surface area contributed by atoms with Crippen molar-refractivity contribution in [2.45, 2.75) is 13.3 Å². The van der Waals surface area contributed by atoms with E-state index in [1.807, 2.05) is 31.2 Å². The molecule has 0 N–H and O–H groups in total. The summed E-state index contributed by atoms with van der Waals surface area (Å²) in [7, 11) is -3.11. The van der Waals surface area contributed by atoms with Crippen molar-refractivity contribution >= 4 is 26.6 Å². The molecule has 1 aliphatic heterocycles.